The summed E-state index contributed by atoms with van der Waals surface area (Å²) in [5, 5.41) is 4.86. The Bertz CT molecular complexity index is 762. The molecule has 134 valence electrons. The molecule has 2 aliphatic rings. The van der Waals surface area contributed by atoms with Gasteiger partial charge < -0.3 is 14.6 Å². The van der Waals surface area contributed by atoms with Crippen LogP contribution in [0, 0.1) is 18.8 Å². The maximum absolute atomic E-state index is 12.3. The van der Waals surface area contributed by atoms with Crippen LogP contribution in [0.3, 0.4) is 0 Å². The van der Waals surface area contributed by atoms with Crippen LogP contribution in [0.5, 0.6) is 0 Å². The van der Waals surface area contributed by atoms with E-state index >= 15 is 0 Å². The largest absolute Gasteiger partial charge is 0.460 e. The highest BCUT2D eigenvalue weighted by molar-refractivity contribution is 5.81. The Morgan fingerprint density at radius 1 is 1.28 bits per heavy atom. The first-order valence-electron chi connectivity index (χ1n) is 9.65. The van der Waals surface area contributed by atoms with E-state index in [2.05, 4.69) is 42.3 Å². The molecule has 25 heavy (non-hydrogen) atoms. The number of hydrogen-bond acceptors (Lipinski definition) is 3. The molecule has 2 heterocycles. The average Bonchev–Trinajstić information content (AvgIpc) is 3.39. The molecule has 4 rings (SSSR count). The summed E-state index contributed by atoms with van der Waals surface area (Å²) in [4.78, 5) is 14.4. The first kappa shape index (κ1) is 16.6. The number of carbonyl (C=O) groups excluding carboxylic acids is 1. The molecule has 1 aromatic heterocycles. The summed E-state index contributed by atoms with van der Waals surface area (Å²) in [6, 6.07) is 8.90. The topological polar surface area (TPSA) is 45.5 Å². The lowest BCUT2D eigenvalue weighted by Gasteiger charge is -2.39. The maximum Gasteiger partial charge on any atom is 0.225 e. The van der Waals surface area contributed by atoms with Gasteiger partial charge in [0.15, 0.2) is 0 Å². The van der Waals surface area contributed by atoms with Gasteiger partial charge >= 0.3 is 0 Å². The van der Waals surface area contributed by atoms with Crippen molar-refractivity contribution < 1.29 is 9.21 Å². The van der Waals surface area contributed by atoms with Gasteiger partial charge in [0.1, 0.15) is 11.3 Å². The van der Waals surface area contributed by atoms with E-state index < -0.39 is 0 Å². The third-order valence-corrected chi connectivity index (χ3v) is 5.76. The predicted octanol–water partition coefficient (Wildman–Crippen LogP) is 3.87. The van der Waals surface area contributed by atoms with Crippen molar-refractivity contribution >= 4 is 16.9 Å². The standard InChI is InChI=1S/C21H28N2O2/c1-3-15-13-23(21(24)16-5-6-16)9-8-19(15)22-12-18-11-17-10-14(2)4-7-20(17)25-18/h4,7,10-11,15-16,19,22H,3,5-6,8-9,12-13H2,1-2H3/t15-,19+/m0/s1. The molecule has 4 nitrogen and oxygen atoms in total. The fraction of sp³-hybridized carbons (Fsp3) is 0.571. The smallest absolute Gasteiger partial charge is 0.225 e. The molecular formula is C21H28N2O2. The number of nitrogens with zero attached hydrogens (tertiary/aromatic N) is 1. The summed E-state index contributed by atoms with van der Waals surface area (Å²) < 4.78 is 5.96. The monoisotopic (exact) mass is 340 g/mol. The molecule has 4 heteroatoms. The minimum absolute atomic E-state index is 0.334. The van der Waals surface area contributed by atoms with E-state index in [1.807, 2.05) is 6.07 Å². The number of nitrogens with one attached hydrogen (secondary N) is 1. The molecule has 1 saturated carbocycles. The normalized spacial score (nSPS) is 24.0. The second-order valence-electron chi connectivity index (χ2n) is 7.76. The highest BCUT2D eigenvalue weighted by atomic mass is 16.3. The van der Waals surface area contributed by atoms with Gasteiger partial charge in [0.2, 0.25) is 5.91 Å². The molecular weight excluding hydrogens is 312 g/mol. The van der Waals surface area contributed by atoms with Crippen LogP contribution < -0.4 is 5.32 Å². The van der Waals surface area contributed by atoms with Gasteiger partial charge in [-0.25, -0.2) is 0 Å². The summed E-state index contributed by atoms with van der Waals surface area (Å²) in [5.41, 5.74) is 2.21. The van der Waals surface area contributed by atoms with E-state index in [0.29, 0.717) is 23.8 Å². The highest BCUT2D eigenvalue weighted by Gasteiger charge is 2.37. The van der Waals surface area contributed by atoms with Gasteiger partial charge in [-0.1, -0.05) is 25.0 Å². The quantitative estimate of drug-likeness (QED) is 0.899. The number of furan rings is 1. The number of rotatable bonds is 5. The van der Waals surface area contributed by atoms with Gasteiger partial charge in [-0.15, -0.1) is 0 Å². The zero-order valence-corrected chi connectivity index (χ0v) is 15.3. The van der Waals surface area contributed by atoms with Crippen LogP contribution in [0.2, 0.25) is 0 Å². The molecule has 2 fully saturated rings. The molecule has 0 radical (unpaired) electrons. The first-order chi connectivity index (χ1) is 12.1. The molecule has 1 N–H and O–H groups in total. The molecule has 0 bridgehead atoms. The summed E-state index contributed by atoms with van der Waals surface area (Å²) in [7, 11) is 0. The van der Waals surface area contributed by atoms with E-state index in [1.54, 1.807) is 0 Å². The van der Waals surface area contributed by atoms with Crippen LogP contribution in [0.1, 0.15) is 43.9 Å². The summed E-state index contributed by atoms with van der Waals surface area (Å²) >= 11 is 0. The second-order valence-corrected chi connectivity index (χ2v) is 7.76. The number of likely N-dealkylation sites (tertiary alicyclic amines) is 1. The van der Waals surface area contributed by atoms with E-state index in [-0.39, 0.29) is 0 Å². The van der Waals surface area contributed by atoms with Gasteiger partial charge in [-0.2, -0.15) is 0 Å². The van der Waals surface area contributed by atoms with E-state index in [4.69, 9.17) is 4.42 Å². The Balaban J connectivity index is 1.37. The maximum atomic E-state index is 12.3. The molecule has 1 amide bonds. The van der Waals surface area contributed by atoms with Crippen LogP contribution in [0.15, 0.2) is 28.7 Å². The number of aryl methyl sites for hydroxylation is 1. The summed E-state index contributed by atoms with van der Waals surface area (Å²) in [6.45, 7) is 6.89. The van der Waals surface area contributed by atoms with Crippen LogP contribution in [-0.4, -0.2) is 29.9 Å². The number of amides is 1. The predicted molar refractivity (Wildman–Crippen MR) is 99.3 cm³/mol. The fourth-order valence-corrected chi connectivity index (χ4v) is 4.04. The van der Waals surface area contributed by atoms with Crippen LogP contribution >= 0.6 is 0 Å². The number of hydrogen-bond donors (Lipinski definition) is 1. The van der Waals surface area contributed by atoms with Crippen molar-refractivity contribution in [2.75, 3.05) is 13.1 Å². The molecule has 0 spiro atoms. The second kappa shape index (κ2) is 6.83. The Morgan fingerprint density at radius 3 is 2.88 bits per heavy atom. The van der Waals surface area contributed by atoms with Crippen molar-refractivity contribution in [1.29, 1.82) is 0 Å². The Kier molecular flexibility index (Phi) is 4.55. The lowest BCUT2D eigenvalue weighted by atomic mass is 9.89. The average molecular weight is 340 g/mol. The van der Waals surface area contributed by atoms with Crippen molar-refractivity contribution in [3.8, 4) is 0 Å². The number of piperidine rings is 1. The molecule has 0 unspecified atom stereocenters. The minimum atomic E-state index is 0.334. The fourth-order valence-electron chi connectivity index (χ4n) is 4.04. The molecule has 2 atom stereocenters. The van der Waals surface area contributed by atoms with Crippen molar-refractivity contribution in [2.24, 2.45) is 11.8 Å². The summed E-state index contributed by atoms with van der Waals surface area (Å²) in [6.07, 6.45) is 4.33. The molecule has 1 aliphatic heterocycles. The van der Waals surface area contributed by atoms with Crippen molar-refractivity contribution in [2.45, 2.75) is 52.1 Å². The van der Waals surface area contributed by atoms with Gasteiger partial charge in [-0.05, 0) is 50.3 Å². The number of fused-ring (bicyclic) bond motifs is 1. The Morgan fingerprint density at radius 2 is 2.12 bits per heavy atom. The molecule has 2 aromatic rings. The lowest BCUT2D eigenvalue weighted by Crippen LogP contribution is -2.51. The van der Waals surface area contributed by atoms with Crippen molar-refractivity contribution in [3.63, 3.8) is 0 Å². The highest BCUT2D eigenvalue weighted by Crippen LogP contribution is 2.33. The lowest BCUT2D eigenvalue weighted by molar-refractivity contribution is -0.134. The van der Waals surface area contributed by atoms with Gasteiger partial charge in [0.05, 0.1) is 6.54 Å². The zero-order valence-electron chi connectivity index (χ0n) is 15.3. The molecule has 1 aliphatic carbocycles. The van der Waals surface area contributed by atoms with Gasteiger partial charge in [-0.3, -0.25) is 4.79 Å². The van der Waals surface area contributed by atoms with Gasteiger partial charge in [0.25, 0.3) is 0 Å². The third-order valence-electron chi connectivity index (χ3n) is 5.76. The van der Waals surface area contributed by atoms with Crippen LogP contribution in [0.4, 0.5) is 0 Å². The Hall–Kier alpha value is -1.81. The third kappa shape index (κ3) is 3.59. The van der Waals surface area contributed by atoms with E-state index in [1.165, 1.54) is 10.9 Å². The van der Waals surface area contributed by atoms with Crippen LogP contribution in [-0.2, 0) is 11.3 Å². The molecule has 1 aromatic carbocycles. The summed E-state index contributed by atoms with van der Waals surface area (Å²) in [5.74, 6) is 2.25. The van der Waals surface area contributed by atoms with E-state index in [9.17, 15) is 4.79 Å². The number of benzene rings is 1. The SMILES string of the molecule is CC[C@H]1CN(C(=O)C2CC2)CC[C@H]1NCc1cc2cc(C)ccc2o1. The van der Waals surface area contributed by atoms with E-state index in [0.717, 1.165) is 56.7 Å². The number of carbonyl (C=O) groups is 1. The Labute approximate surface area is 149 Å². The first-order valence-corrected chi connectivity index (χ1v) is 9.65. The van der Waals surface area contributed by atoms with Crippen LogP contribution in [0.25, 0.3) is 11.0 Å². The zero-order chi connectivity index (χ0) is 17.4. The van der Waals surface area contributed by atoms with Crippen molar-refractivity contribution in [1.82, 2.24) is 10.2 Å². The van der Waals surface area contributed by atoms with Crippen molar-refractivity contribution in [3.05, 3.63) is 35.6 Å². The molecule has 1 saturated heterocycles. The minimum Gasteiger partial charge on any atom is -0.460 e. The van der Waals surface area contributed by atoms with Gasteiger partial charge in [0, 0.05) is 30.4 Å².